The van der Waals surface area contributed by atoms with Crippen molar-refractivity contribution in [3.8, 4) is 0 Å². The van der Waals surface area contributed by atoms with Crippen LogP contribution in [0.1, 0.15) is 23.2 Å². The summed E-state index contributed by atoms with van der Waals surface area (Å²) in [5, 5.41) is 4.60. The topological polar surface area (TPSA) is 92.1 Å². The normalized spacial score (nSPS) is 13.3. The third-order valence-electron chi connectivity index (χ3n) is 4.90. The van der Waals surface area contributed by atoms with Gasteiger partial charge in [-0.15, -0.1) is 28.2 Å². The van der Waals surface area contributed by atoms with E-state index in [9.17, 15) is 9.59 Å². The number of rotatable bonds is 5. The number of aromatic amines is 1. The smallest absolute Gasteiger partial charge is 0.259 e. The number of para-hydroxylation sites is 1. The molecule has 4 aromatic rings. The average Bonchev–Trinajstić information content (AvgIpc) is 3.20. The molecular formula is C20H21N5O2S3. The molecule has 0 radical (unpaired) electrons. The predicted octanol–water partition coefficient (Wildman–Crippen LogP) is 3.41. The standard InChI is InChI=1S/C20H21N5O2S3/c1-10-11(2)29-19-16(10)18(27)21-15(22-19)9-28-12(3)17(26)23-24-20-25(4)13-7-5-6-8-14(13)30-20/h5-8,12H,9H2,1-4H3,(H,23,26)(H,21,22,27)/b24-20-. The lowest BCUT2D eigenvalue weighted by atomic mass is 10.2. The van der Waals surface area contributed by atoms with Crippen molar-refractivity contribution in [1.82, 2.24) is 20.0 Å². The van der Waals surface area contributed by atoms with Crippen LogP contribution in [0.25, 0.3) is 20.4 Å². The SMILES string of the molecule is Cc1sc2nc(CSC(C)C(=O)N/N=c3\sc4ccccc4n3C)[nH]c(=O)c2c1C. The van der Waals surface area contributed by atoms with Gasteiger partial charge >= 0.3 is 0 Å². The fraction of sp³-hybridized carbons (Fsp3) is 0.300. The number of carbonyl (C=O) groups is 1. The molecule has 0 aliphatic carbocycles. The second-order valence-electron chi connectivity index (χ2n) is 6.93. The van der Waals surface area contributed by atoms with Crippen molar-refractivity contribution in [2.24, 2.45) is 12.1 Å². The maximum Gasteiger partial charge on any atom is 0.259 e. The number of nitrogens with zero attached hydrogens (tertiary/aromatic N) is 3. The highest BCUT2D eigenvalue weighted by Crippen LogP contribution is 2.26. The second kappa shape index (κ2) is 8.37. The van der Waals surface area contributed by atoms with Crippen molar-refractivity contribution in [2.75, 3.05) is 0 Å². The van der Waals surface area contributed by atoms with Gasteiger partial charge in [0.2, 0.25) is 4.80 Å². The summed E-state index contributed by atoms with van der Waals surface area (Å²) in [4.78, 5) is 34.8. The molecule has 0 bridgehead atoms. The maximum atomic E-state index is 12.5. The summed E-state index contributed by atoms with van der Waals surface area (Å²) in [6.45, 7) is 5.74. The molecule has 2 N–H and O–H groups in total. The number of hydrogen-bond donors (Lipinski definition) is 2. The fourth-order valence-corrected chi connectivity index (χ4v) is 5.81. The summed E-state index contributed by atoms with van der Waals surface area (Å²) in [5.74, 6) is 0.821. The number of thiazole rings is 1. The van der Waals surface area contributed by atoms with E-state index in [4.69, 9.17) is 0 Å². The van der Waals surface area contributed by atoms with E-state index in [1.54, 1.807) is 0 Å². The van der Waals surface area contributed by atoms with E-state index >= 15 is 0 Å². The number of benzene rings is 1. The van der Waals surface area contributed by atoms with Crippen LogP contribution < -0.4 is 15.8 Å². The number of thiophene rings is 1. The quantitative estimate of drug-likeness (QED) is 0.448. The molecule has 0 fully saturated rings. The Labute approximate surface area is 184 Å². The van der Waals surface area contributed by atoms with Crippen LogP contribution in [-0.4, -0.2) is 25.7 Å². The Morgan fingerprint density at radius 2 is 2.10 bits per heavy atom. The van der Waals surface area contributed by atoms with Gasteiger partial charge in [0.1, 0.15) is 10.7 Å². The van der Waals surface area contributed by atoms with E-state index < -0.39 is 0 Å². The van der Waals surface area contributed by atoms with Gasteiger partial charge in [0, 0.05) is 11.9 Å². The monoisotopic (exact) mass is 459 g/mol. The van der Waals surface area contributed by atoms with Gasteiger partial charge in [0.15, 0.2) is 0 Å². The zero-order valence-corrected chi connectivity index (χ0v) is 19.4. The van der Waals surface area contributed by atoms with Gasteiger partial charge in [-0.05, 0) is 38.5 Å². The van der Waals surface area contributed by atoms with Gasteiger partial charge in [-0.1, -0.05) is 23.5 Å². The Bertz CT molecular complexity index is 1380. The first-order valence-electron chi connectivity index (χ1n) is 9.33. The van der Waals surface area contributed by atoms with E-state index in [1.165, 1.54) is 34.4 Å². The molecule has 1 amide bonds. The van der Waals surface area contributed by atoms with Crippen molar-refractivity contribution in [2.45, 2.75) is 31.8 Å². The van der Waals surface area contributed by atoms with Gasteiger partial charge < -0.3 is 9.55 Å². The number of amides is 1. The lowest BCUT2D eigenvalue weighted by Gasteiger charge is -2.09. The van der Waals surface area contributed by atoms with E-state index in [1.807, 2.05) is 56.7 Å². The number of fused-ring (bicyclic) bond motifs is 2. The minimum atomic E-state index is -0.346. The average molecular weight is 460 g/mol. The molecule has 156 valence electrons. The minimum Gasteiger partial charge on any atom is -0.318 e. The van der Waals surface area contributed by atoms with E-state index in [2.05, 4.69) is 20.5 Å². The molecular weight excluding hydrogens is 438 g/mol. The molecule has 3 aromatic heterocycles. The Kier molecular flexibility index (Phi) is 5.81. The van der Waals surface area contributed by atoms with Crippen LogP contribution in [0.15, 0.2) is 34.2 Å². The molecule has 30 heavy (non-hydrogen) atoms. The Morgan fingerprint density at radius 1 is 1.33 bits per heavy atom. The molecule has 0 saturated heterocycles. The first-order chi connectivity index (χ1) is 14.3. The van der Waals surface area contributed by atoms with Crippen LogP contribution in [0.2, 0.25) is 0 Å². The lowest BCUT2D eigenvalue weighted by Crippen LogP contribution is -2.29. The zero-order valence-electron chi connectivity index (χ0n) is 17.0. The number of aryl methyl sites for hydroxylation is 3. The maximum absolute atomic E-state index is 12.5. The number of nitrogens with one attached hydrogen (secondary N) is 2. The van der Waals surface area contributed by atoms with Crippen molar-refractivity contribution in [3.63, 3.8) is 0 Å². The highest BCUT2D eigenvalue weighted by molar-refractivity contribution is 7.99. The van der Waals surface area contributed by atoms with Crippen LogP contribution in [0.4, 0.5) is 0 Å². The van der Waals surface area contributed by atoms with E-state index in [0.29, 0.717) is 17.0 Å². The molecule has 0 saturated carbocycles. The van der Waals surface area contributed by atoms with Crippen LogP contribution >= 0.6 is 34.4 Å². The molecule has 7 nitrogen and oxygen atoms in total. The Balaban J connectivity index is 1.44. The van der Waals surface area contributed by atoms with Gasteiger partial charge in [-0.3, -0.25) is 9.59 Å². The molecule has 0 aliphatic rings. The fourth-order valence-electron chi connectivity index (χ4n) is 3.03. The largest absolute Gasteiger partial charge is 0.318 e. The summed E-state index contributed by atoms with van der Waals surface area (Å²) in [5.41, 5.74) is 4.58. The molecule has 0 aliphatic heterocycles. The molecule has 3 heterocycles. The molecule has 1 atom stereocenters. The minimum absolute atomic E-state index is 0.123. The highest BCUT2D eigenvalue weighted by Gasteiger charge is 2.16. The molecule has 1 unspecified atom stereocenters. The first-order valence-corrected chi connectivity index (χ1v) is 12.0. The number of thioether (sulfide) groups is 1. The van der Waals surface area contributed by atoms with E-state index in [0.717, 1.165) is 30.3 Å². The summed E-state index contributed by atoms with van der Waals surface area (Å²) in [7, 11) is 1.92. The third-order valence-corrected chi connectivity index (χ3v) is 8.27. The zero-order chi connectivity index (χ0) is 21.4. The first kappa shape index (κ1) is 20.8. The molecule has 4 rings (SSSR count). The Hall–Kier alpha value is -2.43. The van der Waals surface area contributed by atoms with Crippen LogP contribution in [0.3, 0.4) is 0 Å². The number of hydrogen-bond acceptors (Lipinski definition) is 7. The number of H-pyrrole nitrogens is 1. The van der Waals surface area contributed by atoms with E-state index in [-0.39, 0.29) is 16.7 Å². The third kappa shape index (κ3) is 3.94. The summed E-state index contributed by atoms with van der Waals surface area (Å²) in [6.07, 6.45) is 0. The summed E-state index contributed by atoms with van der Waals surface area (Å²) >= 11 is 4.45. The lowest BCUT2D eigenvalue weighted by molar-refractivity contribution is -0.120. The summed E-state index contributed by atoms with van der Waals surface area (Å²) < 4.78 is 3.06. The van der Waals surface area contributed by atoms with Gasteiger partial charge in [0.25, 0.3) is 11.5 Å². The summed E-state index contributed by atoms with van der Waals surface area (Å²) in [6, 6.07) is 8.01. The molecule has 10 heteroatoms. The molecule has 0 spiro atoms. The van der Waals surface area contributed by atoms with Crippen molar-refractivity contribution in [1.29, 1.82) is 0 Å². The van der Waals surface area contributed by atoms with Crippen LogP contribution in [0.5, 0.6) is 0 Å². The van der Waals surface area contributed by atoms with Crippen LogP contribution in [0, 0.1) is 13.8 Å². The highest BCUT2D eigenvalue weighted by atomic mass is 32.2. The van der Waals surface area contributed by atoms with Crippen molar-refractivity contribution < 1.29 is 4.79 Å². The number of aromatic nitrogens is 3. The predicted molar refractivity (Wildman–Crippen MR) is 125 cm³/mol. The van der Waals surface area contributed by atoms with Crippen molar-refractivity contribution >= 4 is 60.8 Å². The molecule has 1 aromatic carbocycles. The number of carbonyl (C=O) groups excluding carboxylic acids is 1. The van der Waals surface area contributed by atoms with Gasteiger partial charge in [0.05, 0.1) is 26.6 Å². The Morgan fingerprint density at radius 3 is 2.87 bits per heavy atom. The van der Waals surface area contributed by atoms with Gasteiger partial charge in [-0.2, -0.15) is 0 Å². The second-order valence-corrected chi connectivity index (χ2v) is 10.5. The van der Waals surface area contributed by atoms with Crippen molar-refractivity contribution in [3.05, 3.63) is 55.7 Å². The van der Waals surface area contributed by atoms with Crippen LogP contribution in [-0.2, 0) is 17.6 Å². The van der Waals surface area contributed by atoms with Gasteiger partial charge in [-0.25, -0.2) is 10.4 Å².